The van der Waals surface area contributed by atoms with Gasteiger partial charge in [0, 0.05) is 36.0 Å². The number of nitrogens with zero attached hydrogens (tertiary/aromatic N) is 3. The zero-order valence-corrected chi connectivity index (χ0v) is 21.8. The molecule has 4 aromatic rings. The molecule has 2 heterocycles. The molecular formula is C28H32N6O3. The Morgan fingerprint density at radius 1 is 0.946 bits per heavy atom. The van der Waals surface area contributed by atoms with E-state index in [2.05, 4.69) is 46.8 Å². The Bertz CT molecular complexity index is 1440. The number of carbonyl (C=O) groups is 2. The molecule has 9 nitrogen and oxygen atoms in total. The minimum absolute atomic E-state index is 0.00683. The molecule has 0 radical (unpaired) electrons. The number of fused-ring (bicyclic) bond motifs is 1. The summed E-state index contributed by atoms with van der Waals surface area (Å²) in [4.78, 5) is 29.3. The molecule has 0 saturated heterocycles. The van der Waals surface area contributed by atoms with Crippen LogP contribution in [-0.2, 0) is 0 Å². The van der Waals surface area contributed by atoms with Crippen molar-refractivity contribution in [3.05, 3.63) is 71.9 Å². The summed E-state index contributed by atoms with van der Waals surface area (Å²) >= 11 is 0. The summed E-state index contributed by atoms with van der Waals surface area (Å²) in [5, 5.41) is 13.5. The Morgan fingerprint density at radius 2 is 1.70 bits per heavy atom. The smallest absolute Gasteiger partial charge is 0.251 e. The largest absolute Gasteiger partial charge is 0.495 e. The first-order chi connectivity index (χ1) is 17.7. The van der Waals surface area contributed by atoms with Gasteiger partial charge in [0.1, 0.15) is 5.75 Å². The molecule has 0 bridgehead atoms. The molecule has 0 aliphatic carbocycles. The fraction of sp³-hybridized carbons (Fsp3) is 0.286. The van der Waals surface area contributed by atoms with Crippen molar-refractivity contribution >= 4 is 29.1 Å². The van der Waals surface area contributed by atoms with Crippen molar-refractivity contribution in [2.75, 3.05) is 25.5 Å². The highest BCUT2D eigenvalue weighted by Gasteiger charge is 2.15. The monoisotopic (exact) mass is 500 g/mol. The highest BCUT2D eigenvalue weighted by atomic mass is 16.5. The van der Waals surface area contributed by atoms with E-state index in [1.54, 1.807) is 29.8 Å². The van der Waals surface area contributed by atoms with Crippen LogP contribution in [0.2, 0.25) is 0 Å². The lowest BCUT2D eigenvalue weighted by atomic mass is 9.96. The van der Waals surface area contributed by atoms with Gasteiger partial charge in [-0.25, -0.2) is 4.52 Å². The SMILES string of the molecule is CCNC(=O)c1ccc(Nc2nc3ccc(-c4cccc(C(=O)NCC(C)(C)C)c4)cn3n2)c(OC)c1. The molecule has 2 aromatic heterocycles. The number of hydrogen-bond donors (Lipinski definition) is 3. The summed E-state index contributed by atoms with van der Waals surface area (Å²) in [6.07, 6.45) is 1.87. The molecule has 9 heteroatoms. The molecule has 4 rings (SSSR count). The molecule has 0 unspecified atom stereocenters. The van der Waals surface area contributed by atoms with Crippen LogP contribution in [0, 0.1) is 5.41 Å². The quantitative estimate of drug-likeness (QED) is 0.324. The molecule has 0 spiro atoms. The summed E-state index contributed by atoms with van der Waals surface area (Å²) in [6, 6.07) is 16.5. The number of rotatable bonds is 8. The van der Waals surface area contributed by atoms with Crippen molar-refractivity contribution < 1.29 is 14.3 Å². The van der Waals surface area contributed by atoms with Crippen LogP contribution in [0.1, 0.15) is 48.4 Å². The predicted octanol–water partition coefficient (Wildman–Crippen LogP) is 4.67. The third kappa shape index (κ3) is 6.24. The lowest BCUT2D eigenvalue weighted by Gasteiger charge is -2.18. The second-order valence-corrected chi connectivity index (χ2v) is 9.88. The predicted molar refractivity (Wildman–Crippen MR) is 144 cm³/mol. The van der Waals surface area contributed by atoms with Crippen LogP contribution in [-0.4, -0.2) is 46.6 Å². The van der Waals surface area contributed by atoms with Crippen molar-refractivity contribution in [3.8, 4) is 16.9 Å². The first-order valence-corrected chi connectivity index (χ1v) is 12.1. The van der Waals surface area contributed by atoms with Gasteiger partial charge in [-0.05, 0) is 60.4 Å². The van der Waals surface area contributed by atoms with Gasteiger partial charge < -0.3 is 20.7 Å². The maximum Gasteiger partial charge on any atom is 0.251 e. The number of ether oxygens (including phenoxy) is 1. The number of pyridine rings is 1. The molecule has 0 atom stereocenters. The van der Waals surface area contributed by atoms with Crippen molar-refractivity contribution in [1.82, 2.24) is 25.2 Å². The number of hydrogen-bond acceptors (Lipinski definition) is 6. The molecule has 0 saturated carbocycles. The zero-order valence-electron chi connectivity index (χ0n) is 21.8. The lowest BCUT2D eigenvalue weighted by molar-refractivity contribution is 0.0936. The first kappa shape index (κ1) is 25.7. The maximum atomic E-state index is 12.6. The molecule has 0 aliphatic heterocycles. The minimum Gasteiger partial charge on any atom is -0.495 e. The van der Waals surface area contributed by atoms with Gasteiger partial charge in [0.05, 0.1) is 12.8 Å². The third-order valence-corrected chi connectivity index (χ3v) is 5.62. The lowest BCUT2D eigenvalue weighted by Crippen LogP contribution is -2.32. The highest BCUT2D eigenvalue weighted by Crippen LogP contribution is 2.28. The van der Waals surface area contributed by atoms with Crippen LogP contribution in [0.25, 0.3) is 16.8 Å². The minimum atomic E-state index is -0.165. The van der Waals surface area contributed by atoms with Crippen LogP contribution in [0.3, 0.4) is 0 Å². The highest BCUT2D eigenvalue weighted by molar-refractivity contribution is 5.96. The number of aromatic nitrogens is 3. The molecule has 2 aromatic carbocycles. The van der Waals surface area contributed by atoms with E-state index in [-0.39, 0.29) is 17.2 Å². The zero-order chi connectivity index (χ0) is 26.6. The van der Waals surface area contributed by atoms with E-state index in [1.165, 1.54) is 0 Å². The van der Waals surface area contributed by atoms with Gasteiger partial charge in [0.15, 0.2) is 5.65 Å². The topological polar surface area (TPSA) is 110 Å². The van der Waals surface area contributed by atoms with Crippen LogP contribution in [0.5, 0.6) is 5.75 Å². The maximum absolute atomic E-state index is 12.6. The van der Waals surface area contributed by atoms with E-state index in [1.807, 2.05) is 49.5 Å². The fourth-order valence-corrected chi connectivity index (χ4v) is 3.71. The van der Waals surface area contributed by atoms with E-state index < -0.39 is 0 Å². The van der Waals surface area contributed by atoms with Crippen LogP contribution in [0.4, 0.5) is 11.6 Å². The van der Waals surface area contributed by atoms with Crippen molar-refractivity contribution in [1.29, 1.82) is 0 Å². The molecular weight excluding hydrogens is 468 g/mol. The van der Waals surface area contributed by atoms with Crippen LogP contribution < -0.4 is 20.7 Å². The standard InChI is InChI=1S/C28H32N6O3/c1-6-29-25(35)20-10-12-22(23(15-20)37-5)31-27-32-24-13-11-21(16-34(24)33-27)18-8-7-9-19(14-18)26(36)30-17-28(2,3)4/h7-16H,6,17H2,1-5H3,(H,29,35)(H,30,36)(H,31,33). The average molecular weight is 501 g/mol. The fourth-order valence-electron chi connectivity index (χ4n) is 3.71. The molecule has 3 N–H and O–H groups in total. The van der Waals surface area contributed by atoms with Gasteiger partial charge in [-0.2, -0.15) is 4.98 Å². The summed E-state index contributed by atoms with van der Waals surface area (Å²) in [6.45, 7) is 9.25. The Hall–Kier alpha value is -4.40. The molecule has 0 aliphatic rings. The second kappa shape index (κ2) is 10.7. The van der Waals surface area contributed by atoms with Crippen molar-refractivity contribution in [2.45, 2.75) is 27.7 Å². The first-order valence-electron chi connectivity index (χ1n) is 12.1. The van der Waals surface area contributed by atoms with Gasteiger partial charge in [-0.1, -0.05) is 32.9 Å². The average Bonchev–Trinajstić information content (AvgIpc) is 3.28. The Balaban J connectivity index is 1.55. The summed E-state index contributed by atoms with van der Waals surface area (Å²) < 4.78 is 7.15. The summed E-state index contributed by atoms with van der Waals surface area (Å²) in [5.74, 6) is 0.625. The number of benzene rings is 2. The molecule has 192 valence electrons. The Labute approximate surface area is 216 Å². The summed E-state index contributed by atoms with van der Waals surface area (Å²) in [7, 11) is 1.54. The second-order valence-electron chi connectivity index (χ2n) is 9.88. The van der Waals surface area contributed by atoms with Gasteiger partial charge >= 0.3 is 0 Å². The molecule has 2 amide bonds. The normalized spacial score (nSPS) is 11.3. The van der Waals surface area contributed by atoms with E-state index in [9.17, 15) is 9.59 Å². The molecule has 0 fully saturated rings. The van der Waals surface area contributed by atoms with E-state index >= 15 is 0 Å². The van der Waals surface area contributed by atoms with E-state index in [0.29, 0.717) is 47.2 Å². The van der Waals surface area contributed by atoms with Gasteiger partial charge in [0.2, 0.25) is 5.95 Å². The van der Waals surface area contributed by atoms with E-state index in [0.717, 1.165) is 11.1 Å². The number of nitrogens with one attached hydrogen (secondary N) is 3. The van der Waals surface area contributed by atoms with Gasteiger partial charge in [-0.3, -0.25) is 9.59 Å². The number of methoxy groups -OCH3 is 1. The Morgan fingerprint density at radius 3 is 2.43 bits per heavy atom. The Kier molecular flexibility index (Phi) is 7.42. The number of amides is 2. The van der Waals surface area contributed by atoms with Crippen LogP contribution in [0.15, 0.2) is 60.8 Å². The van der Waals surface area contributed by atoms with Crippen molar-refractivity contribution in [2.24, 2.45) is 5.41 Å². The number of carbonyl (C=O) groups excluding carboxylic acids is 2. The summed E-state index contributed by atoms with van der Waals surface area (Å²) in [5.41, 5.74) is 4.21. The van der Waals surface area contributed by atoms with Gasteiger partial charge in [0.25, 0.3) is 11.8 Å². The van der Waals surface area contributed by atoms with Gasteiger partial charge in [-0.15, -0.1) is 5.10 Å². The molecule has 37 heavy (non-hydrogen) atoms. The van der Waals surface area contributed by atoms with E-state index in [4.69, 9.17) is 4.74 Å². The van der Waals surface area contributed by atoms with Crippen molar-refractivity contribution in [3.63, 3.8) is 0 Å². The number of anilines is 2. The van der Waals surface area contributed by atoms with Crippen LogP contribution >= 0.6 is 0 Å². The third-order valence-electron chi connectivity index (χ3n) is 5.62.